The van der Waals surface area contributed by atoms with E-state index in [1.165, 1.54) is 4.68 Å². The van der Waals surface area contributed by atoms with Crippen LogP contribution in [0.1, 0.15) is 22.9 Å². The van der Waals surface area contributed by atoms with Gasteiger partial charge in [0.25, 0.3) is 0 Å². The molecule has 130 valence electrons. The molecule has 0 spiro atoms. The highest BCUT2D eigenvalue weighted by Crippen LogP contribution is 2.38. The van der Waals surface area contributed by atoms with Gasteiger partial charge in [0.2, 0.25) is 5.90 Å². The van der Waals surface area contributed by atoms with Crippen LogP contribution >= 0.6 is 23.2 Å². The van der Waals surface area contributed by atoms with Gasteiger partial charge in [0.15, 0.2) is 18.2 Å². The van der Waals surface area contributed by atoms with Crippen molar-refractivity contribution in [1.29, 1.82) is 0 Å². The average molecular weight is 387 g/mol. The second-order valence-corrected chi connectivity index (χ2v) is 6.53. The van der Waals surface area contributed by atoms with Crippen LogP contribution in [0.3, 0.4) is 0 Å². The fourth-order valence-electron chi connectivity index (χ4n) is 2.83. The Kier molecular flexibility index (Phi) is 4.22. The molecule has 4 rings (SSSR count). The van der Waals surface area contributed by atoms with E-state index in [1.54, 1.807) is 42.7 Å². The minimum atomic E-state index is -0.808. The molecule has 0 saturated heterocycles. The van der Waals surface area contributed by atoms with E-state index in [9.17, 15) is 4.79 Å². The molecule has 0 radical (unpaired) electrons. The summed E-state index contributed by atoms with van der Waals surface area (Å²) in [4.78, 5) is 20.4. The van der Waals surface area contributed by atoms with E-state index in [4.69, 9.17) is 27.9 Å². The molecule has 1 aromatic carbocycles. The fraction of sp³-hybridized carbons (Fsp3) is 0.111. The maximum absolute atomic E-state index is 11.6. The van der Waals surface area contributed by atoms with Gasteiger partial charge in [-0.3, -0.25) is 4.79 Å². The monoisotopic (exact) mass is 386 g/mol. The van der Waals surface area contributed by atoms with Gasteiger partial charge in [0, 0.05) is 16.8 Å². The number of carbonyl (C=O) groups is 1. The number of ether oxygens (including phenoxy) is 1. The van der Waals surface area contributed by atoms with Gasteiger partial charge >= 0.3 is 0 Å². The van der Waals surface area contributed by atoms with Crippen molar-refractivity contribution in [3.63, 3.8) is 0 Å². The molecule has 0 N–H and O–H groups in total. The number of halogens is 2. The first-order chi connectivity index (χ1) is 12.6. The zero-order chi connectivity index (χ0) is 18.3. The summed E-state index contributed by atoms with van der Waals surface area (Å²) in [5.74, 6) is 0.709. The Hall–Kier alpha value is -2.70. The number of rotatable bonds is 3. The second-order valence-electron chi connectivity index (χ2n) is 5.69. The molecule has 1 atom stereocenters. The van der Waals surface area contributed by atoms with E-state index in [0.29, 0.717) is 32.8 Å². The first-order valence-corrected chi connectivity index (χ1v) is 8.50. The molecular formula is C18H12Cl2N4O2. The SMILES string of the molecule is Cc1cc(Cl)cc2c1N=C(c1ccnn1-c1ncccc1Cl)OC2C=O. The predicted molar refractivity (Wildman–Crippen MR) is 98.6 cm³/mol. The van der Waals surface area contributed by atoms with Crippen LogP contribution in [0.25, 0.3) is 5.82 Å². The number of hydrogen-bond donors (Lipinski definition) is 0. The van der Waals surface area contributed by atoms with Gasteiger partial charge in [-0.25, -0.2) is 14.7 Å². The molecule has 0 fully saturated rings. The maximum atomic E-state index is 11.6. The number of aliphatic imine (C=N–C) groups is 1. The highest BCUT2D eigenvalue weighted by atomic mass is 35.5. The lowest BCUT2D eigenvalue weighted by molar-refractivity contribution is -0.114. The van der Waals surface area contributed by atoms with Gasteiger partial charge in [-0.1, -0.05) is 23.2 Å². The van der Waals surface area contributed by atoms with Crippen molar-refractivity contribution >= 4 is 41.1 Å². The third-order valence-corrected chi connectivity index (χ3v) is 4.49. The standard InChI is InChI=1S/C18H12Cl2N4O2/c1-10-7-11(19)8-12-15(9-25)26-18(23-16(10)12)14-4-6-22-24(14)17-13(20)3-2-5-21-17/h2-9,15H,1H3. The normalized spacial score (nSPS) is 15.8. The first-order valence-electron chi connectivity index (χ1n) is 7.74. The third-order valence-electron chi connectivity index (χ3n) is 3.98. The van der Waals surface area contributed by atoms with Gasteiger partial charge in [-0.15, -0.1) is 0 Å². The molecule has 8 heteroatoms. The van der Waals surface area contributed by atoms with Crippen molar-refractivity contribution in [2.45, 2.75) is 13.0 Å². The van der Waals surface area contributed by atoms with Gasteiger partial charge in [0.05, 0.1) is 16.9 Å². The van der Waals surface area contributed by atoms with Gasteiger partial charge < -0.3 is 4.74 Å². The lowest BCUT2D eigenvalue weighted by Crippen LogP contribution is -2.21. The Balaban J connectivity index is 1.88. The summed E-state index contributed by atoms with van der Waals surface area (Å²) in [6, 6.07) is 8.66. The average Bonchev–Trinajstić information content (AvgIpc) is 3.11. The Morgan fingerprint density at radius 1 is 1.23 bits per heavy atom. The summed E-state index contributed by atoms with van der Waals surface area (Å²) >= 11 is 12.3. The maximum Gasteiger partial charge on any atom is 0.241 e. The molecule has 2 aromatic heterocycles. The van der Waals surface area contributed by atoms with Crippen molar-refractivity contribution in [2.24, 2.45) is 4.99 Å². The number of benzene rings is 1. The Labute approximate surface area is 159 Å². The highest BCUT2D eigenvalue weighted by molar-refractivity contribution is 6.32. The van der Waals surface area contributed by atoms with E-state index in [1.807, 2.05) is 6.92 Å². The van der Waals surface area contributed by atoms with Crippen LogP contribution in [0.15, 0.2) is 47.7 Å². The zero-order valence-corrected chi connectivity index (χ0v) is 15.1. The molecule has 6 nitrogen and oxygen atoms in total. The van der Waals surface area contributed by atoms with Crippen molar-refractivity contribution in [1.82, 2.24) is 14.8 Å². The zero-order valence-electron chi connectivity index (χ0n) is 13.6. The smallest absolute Gasteiger partial charge is 0.241 e. The lowest BCUT2D eigenvalue weighted by atomic mass is 10.0. The van der Waals surface area contributed by atoms with Crippen molar-refractivity contribution < 1.29 is 9.53 Å². The first kappa shape index (κ1) is 16.8. The number of aldehydes is 1. The minimum Gasteiger partial charge on any atom is -0.460 e. The third kappa shape index (κ3) is 2.77. The number of aryl methyl sites for hydroxylation is 1. The summed E-state index contributed by atoms with van der Waals surface area (Å²) < 4.78 is 7.34. The highest BCUT2D eigenvalue weighted by Gasteiger charge is 2.28. The van der Waals surface area contributed by atoms with E-state index in [0.717, 1.165) is 11.8 Å². The van der Waals surface area contributed by atoms with Crippen LogP contribution in [0, 0.1) is 6.92 Å². The molecule has 0 bridgehead atoms. The molecular weight excluding hydrogens is 375 g/mol. The summed E-state index contributed by atoms with van der Waals surface area (Å²) in [5.41, 5.74) is 2.68. The molecule has 1 unspecified atom stereocenters. The lowest BCUT2D eigenvalue weighted by Gasteiger charge is -2.24. The number of carbonyl (C=O) groups excluding carboxylic acids is 1. The summed E-state index contributed by atoms with van der Waals surface area (Å²) in [5, 5.41) is 5.23. The summed E-state index contributed by atoms with van der Waals surface area (Å²) in [7, 11) is 0. The predicted octanol–water partition coefficient (Wildman–Crippen LogP) is 4.23. The van der Waals surface area contributed by atoms with Gasteiger partial charge in [-0.2, -0.15) is 5.10 Å². The molecule has 0 aliphatic carbocycles. The Bertz CT molecular complexity index is 1050. The van der Waals surface area contributed by atoms with E-state index >= 15 is 0 Å². The number of hydrogen-bond acceptors (Lipinski definition) is 5. The van der Waals surface area contributed by atoms with Crippen molar-refractivity contribution in [3.05, 3.63) is 69.6 Å². The number of pyridine rings is 1. The molecule has 0 saturated carbocycles. The van der Waals surface area contributed by atoms with Crippen LogP contribution in [0.2, 0.25) is 10.0 Å². The quantitative estimate of drug-likeness (QED) is 0.631. The topological polar surface area (TPSA) is 69.4 Å². The van der Waals surface area contributed by atoms with Crippen LogP contribution in [-0.4, -0.2) is 26.9 Å². The van der Waals surface area contributed by atoms with Crippen LogP contribution in [0.5, 0.6) is 0 Å². The largest absolute Gasteiger partial charge is 0.460 e. The van der Waals surface area contributed by atoms with E-state index < -0.39 is 6.10 Å². The molecule has 1 aliphatic heterocycles. The summed E-state index contributed by atoms with van der Waals surface area (Å²) in [6.45, 7) is 1.88. The van der Waals surface area contributed by atoms with E-state index in [2.05, 4.69) is 15.1 Å². The molecule has 26 heavy (non-hydrogen) atoms. The molecule has 3 aromatic rings. The minimum absolute atomic E-state index is 0.263. The fourth-order valence-corrected chi connectivity index (χ4v) is 3.31. The number of nitrogens with zero attached hydrogens (tertiary/aromatic N) is 4. The molecule has 1 aliphatic rings. The summed E-state index contributed by atoms with van der Waals surface area (Å²) in [6.07, 6.45) is 3.12. The number of aromatic nitrogens is 3. The van der Waals surface area contributed by atoms with Crippen LogP contribution < -0.4 is 0 Å². The van der Waals surface area contributed by atoms with Crippen molar-refractivity contribution in [2.75, 3.05) is 0 Å². The van der Waals surface area contributed by atoms with Gasteiger partial charge in [-0.05, 0) is 42.8 Å². The van der Waals surface area contributed by atoms with E-state index in [-0.39, 0.29) is 5.90 Å². The second kappa shape index (κ2) is 6.55. The van der Waals surface area contributed by atoms with Crippen LogP contribution in [0.4, 0.5) is 5.69 Å². The molecule has 3 heterocycles. The Morgan fingerprint density at radius 2 is 2.08 bits per heavy atom. The van der Waals surface area contributed by atoms with Crippen LogP contribution in [-0.2, 0) is 9.53 Å². The van der Waals surface area contributed by atoms with Gasteiger partial charge in [0.1, 0.15) is 5.69 Å². The van der Waals surface area contributed by atoms with Crippen molar-refractivity contribution in [3.8, 4) is 5.82 Å². The molecule has 0 amide bonds. The Morgan fingerprint density at radius 3 is 2.85 bits per heavy atom. The number of fused-ring (bicyclic) bond motifs is 1.